The lowest BCUT2D eigenvalue weighted by Crippen LogP contribution is -2.36. The molecule has 0 radical (unpaired) electrons. The van der Waals surface area contributed by atoms with Crippen LogP contribution in [0.4, 0.5) is 0 Å². The summed E-state index contributed by atoms with van der Waals surface area (Å²) in [7, 11) is 0. The van der Waals surface area contributed by atoms with E-state index < -0.39 is 6.04 Å². The lowest BCUT2D eigenvalue weighted by Gasteiger charge is -2.19. The standard InChI is InChI=1S/C25H28N4O3/c1-16(2)23(15-30)27-14-18-7-9-19(10-8-18)24-12-22(29-32-24)20-5-4-6-21(11-20)25(31)28-17(3)13-26/h4-12,16-17,23,27,30H,14-15H2,1-3H3,(H,28,31)/t17-,23+/m1/s1. The zero-order valence-corrected chi connectivity index (χ0v) is 18.5. The van der Waals surface area contributed by atoms with Crippen LogP contribution >= 0.6 is 0 Å². The van der Waals surface area contributed by atoms with Gasteiger partial charge >= 0.3 is 0 Å². The summed E-state index contributed by atoms with van der Waals surface area (Å²) < 4.78 is 5.53. The number of carbonyl (C=O) groups is 1. The van der Waals surface area contributed by atoms with Gasteiger partial charge in [0.15, 0.2) is 5.76 Å². The Hall–Kier alpha value is -3.47. The molecule has 2 atom stereocenters. The van der Waals surface area contributed by atoms with Gasteiger partial charge in [0, 0.05) is 35.3 Å². The third-order valence-electron chi connectivity index (χ3n) is 5.28. The van der Waals surface area contributed by atoms with Gasteiger partial charge < -0.3 is 20.3 Å². The Morgan fingerprint density at radius 1 is 1.12 bits per heavy atom. The molecule has 0 bridgehead atoms. The van der Waals surface area contributed by atoms with Gasteiger partial charge in [-0.2, -0.15) is 5.26 Å². The molecule has 32 heavy (non-hydrogen) atoms. The van der Waals surface area contributed by atoms with Crippen LogP contribution in [0.3, 0.4) is 0 Å². The smallest absolute Gasteiger partial charge is 0.252 e. The van der Waals surface area contributed by atoms with E-state index in [1.807, 2.05) is 42.5 Å². The van der Waals surface area contributed by atoms with Crippen molar-refractivity contribution in [3.63, 3.8) is 0 Å². The number of carbonyl (C=O) groups excluding carboxylic acids is 1. The zero-order chi connectivity index (χ0) is 23.1. The van der Waals surface area contributed by atoms with Crippen LogP contribution in [0.2, 0.25) is 0 Å². The molecule has 7 nitrogen and oxygen atoms in total. The van der Waals surface area contributed by atoms with E-state index in [1.54, 1.807) is 25.1 Å². The van der Waals surface area contributed by atoms with Gasteiger partial charge in [-0.25, -0.2) is 0 Å². The highest BCUT2D eigenvalue weighted by Gasteiger charge is 2.14. The molecule has 0 aliphatic rings. The van der Waals surface area contributed by atoms with Crippen molar-refractivity contribution in [3.05, 3.63) is 65.7 Å². The second-order valence-corrected chi connectivity index (χ2v) is 8.09. The second-order valence-electron chi connectivity index (χ2n) is 8.09. The zero-order valence-electron chi connectivity index (χ0n) is 18.5. The van der Waals surface area contributed by atoms with E-state index in [4.69, 9.17) is 9.78 Å². The number of hydrogen-bond donors (Lipinski definition) is 3. The summed E-state index contributed by atoms with van der Waals surface area (Å²) in [6, 6.07) is 18.3. The quantitative estimate of drug-likeness (QED) is 0.475. The van der Waals surface area contributed by atoms with Crippen LogP contribution in [0, 0.1) is 17.2 Å². The van der Waals surface area contributed by atoms with Crippen LogP contribution in [0.25, 0.3) is 22.6 Å². The van der Waals surface area contributed by atoms with E-state index >= 15 is 0 Å². The van der Waals surface area contributed by atoms with E-state index in [-0.39, 0.29) is 18.6 Å². The number of nitriles is 1. The minimum absolute atomic E-state index is 0.0625. The van der Waals surface area contributed by atoms with Gasteiger partial charge in [-0.05, 0) is 30.5 Å². The van der Waals surface area contributed by atoms with Crippen LogP contribution < -0.4 is 10.6 Å². The molecule has 7 heteroatoms. The Labute approximate surface area is 188 Å². The summed E-state index contributed by atoms with van der Waals surface area (Å²) in [4.78, 5) is 12.3. The predicted octanol–water partition coefficient (Wildman–Crippen LogP) is 3.76. The van der Waals surface area contributed by atoms with E-state index in [0.29, 0.717) is 29.5 Å². The number of nitrogens with one attached hydrogen (secondary N) is 2. The molecule has 0 fully saturated rings. The van der Waals surface area contributed by atoms with Gasteiger partial charge in [0.2, 0.25) is 0 Å². The molecule has 166 valence electrons. The van der Waals surface area contributed by atoms with Crippen molar-refractivity contribution in [3.8, 4) is 28.7 Å². The monoisotopic (exact) mass is 432 g/mol. The fourth-order valence-corrected chi connectivity index (χ4v) is 3.23. The molecule has 3 N–H and O–H groups in total. The summed E-state index contributed by atoms with van der Waals surface area (Å²) in [5, 5.41) is 28.5. The summed E-state index contributed by atoms with van der Waals surface area (Å²) in [6.07, 6.45) is 0. The summed E-state index contributed by atoms with van der Waals surface area (Å²) in [5.74, 6) is 0.670. The summed E-state index contributed by atoms with van der Waals surface area (Å²) in [6.45, 7) is 6.56. The topological polar surface area (TPSA) is 111 Å². The first-order valence-corrected chi connectivity index (χ1v) is 10.6. The maximum atomic E-state index is 12.3. The SMILES string of the molecule is CC(C)[C@H](CO)NCc1ccc(-c2cc(-c3cccc(C(=O)N[C@H](C)C#N)c3)no2)cc1. The van der Waals surface area contributed by atoms with E-state index in [1.165, 1.54) is 0 Å². The highest BCUT2D eigenvalue weighted by atomic mass is 16.5. The molecule has 0 saturated carbocycles. The molecular formula is C25H28N4O3. The molecule has 0 saturated heterocycles. The van der Waals surface area contributed by atoms with Gasteiger partial charge in [-0.1, -0.05) is 55.4 Å². The molecule has 0 aliphatic heterocycles. The number of rotatable bonds is 9. The van der Waals surface area contributed by atoms with Gasteiger partial charge in [0.25, 0.3) is 5.91 Å². The predicted molar refractivity (Wildman–Crippen MR) is 122 cm³/mol. The molecule has 0 spiro atoms. The molecule has 0 aliphatic carbocycles. The number of aromatic nitrogens is 1. The molecule has 1 amide bonds. The average molecular weight is 433 g/mol. The Balaban J connectivity index is 1.70. The highest BCUT2D eigenvalue weighted by molar-refractivity contribution is 5.95. The lowest BCUT2D eigenvalue weighted by molar-refractivity contribution is 0.0948. The fourth-order valence-electron chi connectivity index (χ4n) is 3.23. The lowest BCUT2D eigenvalue weighted by atomic mass is 10.0. The largest absolute Gasteiger partial charge is 0.395 e. The molecule has 1 aromatic heterocycles. The van der Waals surface area contributed by atoms with Gasteiger partial charge in [0.1, 0.15) is 11.7 Å². The minimum atomic E-state index is -0.567. The number of benzene rings is 2. The highest BCUT2D eigenvalue weighted by Crippen LogP contribution is 2.27. The average Bonchev–Trinajstić information content (AvgIpc) is 3.30. The molecular weight excluding hydrogens is 404 g/mol. The van der Waals surface area contributed by atoms with Crippen molar-refractivity contribution < 1.29 is 14.4 Å². The molecule has 3 rings (SSSR count). The first-order valence-electron chi connectivity index (χ1n) is 10.6. The van der Waals surface area contributed by atoms with Crippen molar-refractivity contribution in [1.29, 1.82) is 5.26 Å². The van der Waals surface area contributed by atoms with Crippen LogP contribution in [-0.4, -0.2) is 34.9 Å². The van der Waals surface area contributed by atoms with Crippen molar-refractivity contribution in [1.82, 2.24) is 15.8 Å². The van der Waals surface area contributed by atoms with E-state index in [2.05, 4.69) is 29.6 Å². The number of nitrogens with zero attached hydrogens (tertiary/aromatic N) is 2. The van der Waals surface area contributed by atoms with Crippen LogP contribution in [0.15, 0.2) is 59.1 Å². The number of aliphatic hydroxyl groups excluding tert-OH is 1. The number of aliphatic hydroxyl groups is 1. The third-order valence-corrected chi connectivity index (χ3v) is 5.28. The molecule has 2 aromatic carbocycles. The summed E-state index contributed by atoms with van der Waals surface area (Å²) >= 11 is 0. The second kappa shape index (κ2) is 10.7. The molecule has 1 heterocycles. The minimum Gasteiger partial charge on any atom is -0.395 e. The number of amides is 1. The normalized spacial score (nSPS) is 12.9. The Kier molecular flexibility index (Phi) is 7.77. The van der Waals surface area contributed by atoms with Crippen molar-refractivity contribution in [2.24, 2.45) is 5.92 Å². The Morgan fingerprint density at radius 3 is 2.53 bits per heavy atom. The van der Waals surface area contributed by atoms with Crippen LogP contribution in [0.5, 0.6) is 0 Å². The third kappa shape index (κ3) is 5.82. The maximum absolute atomic E-state index is 12.3. The van der Waals surface area contributed by atoms with Gasteiger partial charge in [-0.15, -0.1) is 0 Å². The van der Waals surface area contributed by atoms with Crippen LogP contribution in [0.1, 0.15) is 36.7 Å². The summed E-state index contributed by atoms with van der Waals surface area (Å²) in [5.41, 5.74) is 3.83. The fraction of sp³-hybridized carbons (Fsp3) is 0.320. The maximum Gasteiger partial charge on any atom is 0.252 e. The van der Waals surface area contributed by atoms with Gasteiger partial charge in [0.05, 0.1) is 12.7 Å². The van der Waals surface area contributed by atoms with Crippen molar-refractivity contribution >= 4 is 5.91 Å². The first-order chi connectivity index (χ1) is 15.4. The Bertz CT molecular complexity index is 1080. The van der Waals surface area contributed by atoms with E-state index in [0.717, 1.165) is 16.7 Å². The molecule has 0 unspecified atom stereocenters. The van der Waals surface area contributed by atoms with Crippen LogP contribution in [-0.2, 0) is 6.54 Å². The first kappa shape index (κ1) is 23.2. The van der Waals surface area contributed by atoms with Crippen molar-refractivity contribution in [2.75, 3.05) is 6.61 Å². The molecule has 3 aromatic rings. The number of hydrogen-bond acceptors (Lipinski definition) is 6. The van der Waals surface area contributed by atoms with Crippen molar-refractivity contribution in [2.45, 2.75) is 39.4 Å². The Morgan fingerprint density at radius 2 is 1.88 bits per heavy atom. The van der Waals surface area contributed by atoms with E-state index in [9.17, 15) is 9.90 Å². The van der Waals surface area contributed by atoms with Gasteiger partial charge in [-0.3, -0.25) is 4.79 Å².